The van der Waals surface area contributed by atoms with E-state index in [-0.39, 0.29) is 29.2 Å². The number of pyridine rings is 1. The summed E-state index contributed by atoms with van der Waals surface area (Å²) in [5.74, 6) is 0.203. The highest BCUT2D eigenvalue weighted by Crippen LogP contribution is 2.29. The fourth-order valence-electron chi connectivity index (χ4n) is 4.03. The number of ether oxygens (including phenoxy) is 1. The highest BCUT2D eigenvalue weighted by molar-refractivity contribution is 7.89. The number of para-hydroxylation sites is 1. The summed E-state index contributed by atoms with van der Waals surface area (Å²) in [4.78, 5) is 17.6. The lowest BCUT2D eigenvalue weighted by Crippen LogP contribution is -2.42. The lowest BCUT2D eigenvalue weighted by molar-refractivity contribution is 0.0871. The first-order valence-corrected chi connectivity index (χ1v) is 11.9. The summed E-state index contributed by atoms with van der Waals surface area (Å²) in [6.45, 7) is 4.42. The number of carbonyl (C=O) groups excluding carboxylic acids is 1. The molecule has 0 amide bonds. The molecule has 31 heavy (non-hydrogen) atoms. The molecule has 2 aromatic carbocycles. The van der Waals surface area contributed by atoms with E-state index < -0.39 is 10.0 Å². The molecular weight excluding hydrogens is 412 g/mol. The Morgan fingerprint density at radius 1 is 1.13 bits per heavy atom. The summed E-state index contributed by atoms with van der Waals surface area (Å²) in [7, 11) is -3.77. The number of carbonyl (C=O) groups is 1. The van der Waals surface area contributed by atoms with Crippen molar-refractivity contribution in [2.75, 3.05) is 13.1 Å². The molecule has 1 aliphatic rings. The van der Waals surface area contributed by atoms with E-state index in [9.17, 15) is 13.2 Å². The van der Waals surface area contributed by atoms with E-state index >= 15 is 0 Å². The smallest absolute Gasteiger partial charge is 0.245 e. The number of nitrogens with zero attached hydrogens (tertiary/aromatic N) is 2. The molecule has 7 heteroatoms. The molecule has 0 aliphatic carbocycles. The third kappa shape index (κ3) is 4.48. The second kappa shape index (κ2) is 8.77. The number of sulfonamides is 1. The van der Waals surface area contributed by atoms with Crippen LogP contribution < -0.4 is 4.74 Å². The van der Waals surface area contributed by atoms with Crippen molar-refractivity contribution in [1.82, 2.24) is 9.29 Å². The monoisotopic (exact) mass is 438 g/mol. The summed E-state index contributed by atoms with van der Waals surface area (Å²) >= 11 is 0. The predicted octanol–water partition coefficient (Wildman–Crippen LogP) is 4.31. The van der Waals surface area contributed by atoms with Gasteiger partial charge in [-0.15, -0.1) is 0 Å². The number of fused-ring (bicyclic) bond motifs is 1. The molecule has 0 N–H and O–H groups in total. The van der Waals surface area contributed by atoms with E-state index in [0.29, 0.717) is 36.2 Å². The number of benzene rings is 2. The van der Waals surface area contributed by atoms with Gasteiger partial charge in [-0.2, -0.15) is 4.31 Å². The Morgan fingerprint density at radius 3 is 2.71 bits per heavy atom. The Bertz CT molecular complexity index is 1200. The molecule has 0 saturated carbocycles. The number of hydrogen-bond acceptors (Lipinski definition) is 5. The minimum absolute atomic E-state index is 0.00923. The maximum atomic E-state index is 13.4. The van der Waals surface area contributed by atoms with Crippen LogP contribution in [-0.4, -0.2) is 42.7 Å². The van der Waals surface area contributed by atoms with E-state index in [1.807, 2.05) is 32.0 Å². The van der Waals surface area contributed by atoms with E-state index in [1.54, 1.807) is 42.6 Å². The van der Waals surface area contributed by atoms with Crippen LogP contribution in [0.4, 0.5) is 0 Å². The molecule has 6 nitrogen and oxygen atoms in total. The highest BCUT2D eigenvalue weighted by atomic mass is 32.2. The zero-order chi connectivity index (χ0) is 22.0. The third-order valence-corrected chi connectivity index (χ3v) is 7.36. The van der Waals surface area contributed by atoms with Crippen LogP contribution in [0.25, 0.3) is 10.9 Å². The topological polar surface area (TPSA) is 76.6 Å². The van der Waals surface area contributed by atoms with Gasteiger partial charge in [0.05, 0.1) is 11.6 Å². The Morgan fingerprint density at radius 2 is 1.90 bits per heavy atom. The van der Waals surface area contributed by atoms with Crippen LogP contribution in [-0.2, 0) is 10.0 Å². The van der Waals surface area contributed by atoms with Crippen molar-refractivity contribution in [2.45, 2.75) is 37.7 Å². The van der Waals surface area contributed by atoms with Gasteiger partial charge in [0.1, 0.15) is 10.6 Å². The molecule has 1 saturated heterocycles. The van der Waals surface area contributed by atoms with Crippen molar-refractivity contribution in [3.8, 4) is 5.75 Å². The maximum absolute atomic E-state index is 13.4. The summed E-state index contributed by atoms with van der Waals surface area (Å²) < 4.78 is 34.0. The highest BCUT2D eigenvalue weighted by Gasteiger charge is 2.34. The molecular formula is C24H26N2O4S. The van der Waals surface area contributed by atoms with Crippen molar-refractivity contribution < 1.29 is 17.9 Å². The molecule has 0 spiro atoms. The standard InChI is InChI=1S/C24H26N2O4S/c1-17(2)30-21-11-3-8-19(15-21)24(27)20-10-6-14-26(16-20)31(28,29)22-12-4-7-18-9-5-13-25-23(18)22/h3-5,7-9,11-13,15,17,20H,6,10,14,16H2,1-2H3. The molecule has 162 valence electrons. The SMILES string of the molecule is CC(C)Oc1cccc(C(=O)C2CCCN(S(=O)(=O)c3cccc4cccnc34)C2)c1. The number of rotatable bonds is 6. The normalized spacial score (nSPS) is 17.7. The van der Waals surface area contributed by atoms with E-state index in [4.69, 9.17) is 4.74 Å². The maximum Gasteiger partial charge on any atom is 0.245 e. The van der Waals surface area contributed by atoms with Crippen LogP contribution in [0.3, 0.4) is 0 Å². The summed E-state index contributed by atoms with van der Waals surface area (Å²) in [5, 5.41) is 0.773. The van der Waals surface area contributed by atoms with Crippen molar-refractivity contribution in [3.63, 3.8) is 0 Å². The van der Waals surface area contributed by atoms with Gasteiger partial charge >= 0.3 is 0 Å². The second-order valence-electron chi connectivity index (χ2n) is 8.09. The van der Waals surface area contributed by atoms with Crippen molar-refractivity contribution >= 4 is 26.7 Å². The van der Waals surface area contributed by atoms with E-state index in [0.717, 1.165) is 5.39 Å². The fourth-order valence-corrected chi connectivity index (χ4v) is 5.72. The number of hydrogen-bond donors (Lipinski definition) is 0. The van der Waals surface area contributed by atoms with Gasteiger partial charge in [-0.3, -0.25) is 9.78 Å². The molecule has 1 unspecified atom stereocenters. The Balaban J connectivity index is 1.59. The molecule has 2 heterocycles. The summed E-state index contributed by atoms with van der Waals surface area (Å²) in [6.07, 6.45) is 2.90. The minimum Gasteiger partial charge on any atom is -0.491 e. The molecule has 0 radical (unpaired) electrons. The van der Waals surface area contributed by atoms with Gasteiger partial charge in [0.2, 0.25) is 10.0 Å². The molecule has 1 aliphatic heterocycles. The first-order valence-electron chi connectivity index (χ1n) is 10.5. The van der Waals surface area contributed by atoms with Gasteiger partial charge in [-0.05, 0) is 51.0 Å². The predicted molar refractivity (Wildman–Crippen MR) is 120 cm³/mol. The molecule has 4 rings (SSSR count). The average molecular weight is 439 g/mol. The first kappa shape index (κ1) is 21.5. The molecule has 0 bridgehead atoms. The van der Waals surface area contributed by atoms with Gasteiger partial charge in [0.25, 0.3) is 0 Å². The number of Topliss-reactive ketones (excluding diaryl/α,β-unsaturated/α-hetero) is 1. The van der Waals surface area contributed by atoms with Gasteiger partial charge in [-0.25, -0.2) is 8.42 Å². The lowest BCUT2D eigenvalue weighted by Gasteiger charge is -2.31. The Labute approximate surface area is 182 Å². The van der Waals surface area contributed by atoms with E-state index in [2.05, 4.69) is 4.98 Å². The average Bonchev–Trinajstić information content (AvgIpc) is 2.78. The molecule has 3 aromatic rings. The van der Waals surface area contributed by atoms with Crippen molar-refractivity contribution in [3.05, 3.63) is 66.4 Å². The molecule has 1 fully saturated rings. The van der Waals surface area contributed by atoms with Crippen LogP contribution in [0, 0.1) is 5.92 Å². The third-order valence-electron chi connectivity index (χ3n) is 5.46. The van der Waals surface area contributed by atoms with Gasteiger partial charge < -0.3 is 4.74 Å². The lowest BCUT2D eigenvalue weighted by atomic mass is 9.91. The van der Waals surface area contributed by atoms with Gasteiger partial charge in [-0.1, -0.05) is 30.3 Å². The van der Waals surface area contributed by atoms with Crippen LogP contribution in [0.15, 0.2) is 65.7 Å². The Hall–Kier alpha value is -2.77. The van der Waals surface area contributed by atoms with Crippen LogP contribution in [0.5, 0.6) is 5.75 Å². The van der Waals surface area contributed by atoms with Gasteiger partial charge in [0.15, 0.2) is 5.78 Å². The quantitative estimate of drug-likeness (QED) is 0.536. The molecule has 1 aromatic heterocycles. The Kier molecular flexibility index (Phi) is 6.07. The first-order chi connectivity index (χ1) is 14.9. The summed E-state index contributed by atoms with van der Waals surface area (Å²) in [5.41, 5.74) is 1.01. The fraction of sp³-hybridized carbons (Fsp3) is 0.333. The number of piperidine rings is 1. The number of ketones is 1. The van der Waals surface area contributed by atoms with Crippen LogP contribution in [0.2, 0.25) is 0 Å². The number of aromatic nitrogens is 1. The van der Waals surface area contributed by atoms with Crippen LogP contribution in [0.1, 0.15) is 37.0 Å². The van der Waals surface area contributed by atoms with Crippen molar-refractivity contribution in [2.24, 2.45) is 5.92 Å². The van der Waals surface area contributed by atoms with Gasteiger partial charge in [0, 0.05) is 36.2 Å². The van der Waals surface area contributed by atoms with E-state index in [1.165, 1.54) is 4.31 Å². The summed E-state index contributed by atoms with van der Waals surface area (Å²) in [6, 6.07) is 15.9. The van der Waals surface area contributed by atoms with Crippen LogP contribution >= 0.6 is 0 Å². The zero-order valence-electron chi connectivity index (χ0n) is 17.7. The zero-order valence-corrected chi connectivity index (χ0v) is 18.5. The van der Waals surface area contributed by atoms with Crippen molar-refractivity contribution in [1.29, 1.82) is 0 Å². The molecule has 1 atom stereocenters. The largest absolute Gasteiger partial charge is 0.491 e. The second-order valence-corrected chi connectivity index (χ2v) is 10.00. The minimum atomic E-state index is -3.77.